The highest BCUT2D eigenvalue weighted by atomic mass is 14.4. The summed E-state index contributed by atoms with van der Waals surface area (Å²) in [6.45, 7) is 2.43. The van der Waals surface area contributed by atoms with Crippen LogP contribution in [0.4, 0.5) is 0 Å². The second kappa shape index (κ2) is 13.5. The third kappa shape index (κ3) is 5.24. The Morgan fingerprint density at radius 1 is 0.283 bits per heavy atom. The van der Waals surface area contributed by atoms with Gasteiger partial charge in [0.15, 0.2) is 0 Å². The molecule has 11 aromatic rings. The van der Waals surface area contributed by atoms with E-state index in [-0.39, 0.29) is 5.41 Å². The van der Waals surface area contributed by atoms with Crippen LogP contribution < -0.4 is 0 Å². The molecule has 0 saturated heterocycles. The molecule has 1 atom stereocenters. The molecule has 0 aromatic heterocycles. The maximum absolute atomic E-state index is 2.49. The molecular weight excluding hydrogens is 721 g/mol. The molecule has 0 heterocycles. The lowest BCUT2D eigenvalue weighted by Gasteiger charge is -2.29. The number of hydrogen-bond acceptors (Lipinski definition) is 0. The zero-order valence-corrected chi connectivity index (χ0v) is 33.4. The summed E-state index contributed by atoms with van der Waals surface area (Å²) in [5.74, 6) is 0. The molecule has 11 aromatic carbocycles. The lowest BCUT2D eigenvalue weighted by Crippen LogP contribution is -2.22. The highest BCUT2D eigenvalue weighted by Gasteiger charge is 2.41. The van der Waals surface area contributed by atoms with Gasteiger partial charge in [-0.1, -0.05) is 188 Å². The maximum Gasteiger partial charge on any atom is 0.0435 e. The smallest absolute Gasteiger partial charge is 0.0435 e. The summed E-state index contributed by atoms with van der Waals surface area (Å²) in [5.41, 5.74) is 16.1. The minimum absolute atomic E-state index is 0.329. The first kappa shape index (κ1) is 34.5. The molecule has 0 aliphatic heterocycles. The van der Waals surface area contributed by atoms with Gasteiger partial charge in [0.1, 0.15) is 0 Å². The number of hydrogen-bond donors (Lipinski definition) is 0. The van der Waals surface area contributed by atoms with Crippen LogP contribution in [-0.4, -0.2) is 0 Å². The van der Waals surface area contributed by atoms with Crippen molar-refractivity contribution >= 4 is 43.1 Å². The third-order valence-electron chi connectivity index (χ3n) is 13.3. The zero-order chi connectivity index (χ0) is 39.8. The van der Waals surface area contributed by atoms with E-state index in [9.17, 15) is 0 Å². The van der Waals surface area contributed by atoms with Crippen LogP contribution in [0.25, 0.3) is 98.7 Å². The van der Waals surface area contributed by atoms with Crippen molar-refractivity contribution in [2.75, 3.05) is 0 Å². The van der Waals surface area contributed by atoms with Crippen LogP contribution >= 0.6 is 0 Å². The van der Waals surface area contributed by atoms with Crippen LogP contribution in [0.15, 0.2) is 224 Å². The van der Waals surface area contributed by atoms with Gasteiger partial charge in [-0.2, -0.15) is 0 Å². The van der Waals surface area contributed by atoms with E-state index >= 15 is 0 Å². The Morgan fingerprint density at radius 3 is 1.53 bits per heavy atom. The fraction of sp³-hybridized carbons (Fsp3) is 0.0333. The van der Waals surface area contributed by atoms with Crippen LogP contribution in [0.1, 0.15) is 23.6 Å². The van der Waals surface area contributed by atoms with E-state index in [0.29, 0.717) is 0 Å². The molecule has 60 heavy (non-hydrogen) atoms. The van der Waals surface area contributed by atoms with E-state index in [1.54, 1.807) is 0 Å². The Balaban J connectivity index is 1.16. The van der Waals surface area contributed by atoms with Crippen molar-refractivity contribution in [1.82, 2.24) is 0 Å². The molecule has 280 valence electrons. The van der Waals surface area contributed by atoms with Crippen LogP contribution in [0.2, 0.25) is 0 Å². The summed E-state index contributed by atoms with van der Waals surface area (Å²) in [7, 11) is 0. The van der Waals surface area contributed by atoms with E-state index in [1.807, 2.05) is 0 Å². The average Bonchev–Trinajstić information content (AvgIpc) is 3.57. The predicted octanol–water partition coefficient (Wildman–Crippen LogP) is 16.3. The Kier molecular flexibility index (Phi) is 7.77. The Hall–Kier alpha value is -7.54. The summed E-state index contributed by atoms with van der Waals surface area (Å²) in [5, 5.41) is 10.1. The molecule has 0 heteroatoms. The van der Waals surface area contributed by atoms with Gasteiger partial charge in [0.05, 0.1) is 0 Å². The van der Waals surface area contributed by atoms with Gasteiger partial charge in [0.2, 0.25) is 0 Å². The van der Waals surface area contributed by atoms with Gasteiger partial charge in [0.25, 0.3) is 0 Å². The van der Waals surface area contributed by atoms with E-state index in [4.69, 9.17) is 0 Å². The van der Waals surface area contributed by atoms with Gasteiger partial charge < -0.3 is 0 Å². The van der Waals surface area contributed by atoms with Gasteiger partial charge in [0, 0.05) is 5.41 Å². The SMILES string of the molecule is CC1(c2ccccc2)c2cc(-c3cc(-c4ccccc4)cc(-c4c5ccccc5c(-c5ccccc5)c5ccc6ccccc6c45)c3)ccc2-c2cc3ccccc3cc21. The highest BCUT2D eigenvalue weighted by molar-refractivity contribution is 6.28. The topological polar surface area (TPSA) is 0 Å². The van der Waals surface area contributed by atoms with Gasteiger partial charge in [-0.25, -0.2) is 0 Å². The average molecular weight is 761 g/mol. The minimum Gasteiger partial charge on any atom is -0.0622 e. The number of fused-ring (bicyclic) bond motifs is 8. The number of benzene rings is 11. The predicted molar refractivity (Wildman–Crippen MR) is 256 cm³/mol. The molecule has 0 fully saturated rings. The maximum atomic E-state index is 2.49. The first-order valence-corrected chi connectivity index (χ1v) is 21.0. The molecule has 0 saturated carbocycles. The van der Waals surface area contributed by atoms with Crippen LogP contribution in [0.3, 0.4) is 0 Å². The van der Waals surface area contributed by atoms with Crippen molar-refractivity contribution in [2.24, 2.45) is 0 Å². The standard InChI is InChI=1S/C60H40/c1-60(48-24-9-4-10-25-48)55-38-44(30-31-50(55)54-36-42-22-11-12-23-43(42)37-56(54)60)46-33-45(39-17-5-2-6-18-39)34-47(35-46)58-52-28-16-15-27-51(52)57(41-20-7-3-8-21-41)53-32-29-40-19-13-14-26-49(40)59(53)58/h2-38H,1H3. The fourth-order valence-corrected chi connectivity index (χ4v) is 10.4. The molecule has 0 amide bonds. The van der Waals surface area contributed by atoms with Crippen molar-refractivity contribution in [1.29, 1.82) is 0 Å². The third-order valence-corrected chi connectivity index (χ3v) is 13.3. The molecule has 0 spiro atoms. The van der Waals surface area contributed by atoms with Gasteiger partial charge in [-0.3, -0.25) is 0 Å². The first-order chi connectivity index (χ1) is 29.6. The summed E-state index contributed by atoms with van der Waals surface area (Å²) >= 11 is 0. The van der Waals surface area contributed by atoms with E-state index in [1.165, 1.54) is 115 Å². The largest absolute Gasteiger partial charge is 0.0622 e. The van der Waals surface area contributed by atoms with Crippen LogP contribution in [-0.2, 0) is 5.41 Å². The first-order valence-electron chi connectivity index (χ1n) is 21.0. The van der Waals surface area contributed by atoms with E-state index < -0.39 is 0 Å². The molecule has 12 rings (SSSR count). The van der Waals surface area contributed by atoms with Crippen LogP contribution in [0.5, 0.6) is 0 Å². The summed E-state index contributed by atoms with van der Waals surface area (Å²) in [4.78, 5) is 0. The molecular formula is C60H40. The monoisotopic (exact) mass is 760 g/mol. The Labute approximate surface area is 350 Å². The quantitative estimate of drug-likeness (QED) is 0.121. The van der Waals surface area contributed by atoms with Crippen LogP contribution in [0, 0.1) is 0 Å². The van der Waals surface area contributed by atoms with Gasteiger partial charge >= 0.3 is 0 Å². The molecule has 1 aliphatic carbocycles. The molecule has 0 bridgehead atoms. The van der Waals surface area contributed by atoms with E-state index in [2.05, 4.69) is 231 Å². The normalized spacial score (nSPS) is 14.5. The second-order valence-corrected chi connectivity index (χ2v) is 16.5. The lowest BCUT2D eigenvalue weighted by molar-refractivity contribution is 0.715. The molecule has 1 aliphatic rings. The van der Waals surface area contributed by atoms with E-state index in [0.717, 1.165) is 0 Å². The van der Waals surface area contributed by atoms with Crippen molar-refractivity contribution in [3.63, 3.8) is 0 Å². The Bertz CT molecular complexity index is 3470. The highest BCUT2D eigenvalue weighted by Crippen LogP contribution is 2.55. The summed E-state index contributed by atoms with van der Waals surface area (Å²) in [6, 6.07) is 83.6. The molecule has 0 radical (unpaired) electrons. The minimum atomic E-state index is -0.329. The molecule has 0 nitrogen and oxygen atoms in total. The van der Waals surface area contributed by atoms with Crippen molar-refractivity contribution in [3.8, 4) is 55.6 Å². The summed E-state index contributed by atoms with van der Waals surface area (Å²) in [6.07, 6.45) is 0. The molecule has 1 unspecified atom stereocenters. The van der Waals surface area contributed by atoms with Crippen molar-refractivity contribution in [2.45, 2.75) is 12.3 Å². The summed E-state index contributed by atoms with van der Waals surface area (Å²) < 4.78 is 0. The van der Waals surface area contributed by atoms with Gasteiger partial charge in [-0.15, -0.1) is 0 Å². The number of rotatable bonds is 5. The zero-order valence-electron chi connectivity index (χ0n) is 33.4. The van der Waals surface area contributed by atoms with Crippen molar-refractivity contribution in [3.05, 3.63) is 241 Å². The molecule has 0 N–H and O–H groups in total. The second-order valence-electron chi connectivity index (χ2n) is 16.5. The fourth-order valence-electron chi connectivity index (χ4n) is 10.4. The van der Waals surface area contributed by atoms with Crippen molar-refractivity contribution < 1.29 is 0 Å². The lowest BCUT2D eigenvalue weighted by atomic mass is 9.73. The Morgan fingerprint density at radius 2 is 0.817 bits per heavy atom. The van der Waals surface area contributed by atoms with Gasteiger partial charge in [-0.05, 0) is 159 Å².